The summed E-state index contributed by atoms with van der Waals surface area (Å²) in [6.07, 6.45) is 0.790. The Balaban J connectivity index is 2.02. The molecular weight excluding hydrogens is 150 g/mol. The van der Waals surface area contributed by atoms with Crippen molar-refractivity contribution in [3.05, 3.63) is 0 Å². The maximum atomic E-state index is 11.6. The smallest absolute Gasteiger partial charge is 0.250 e. The van der Waals surface area contributed by atoms with Crippen molar-refractivity contribution in [1.82, 2.24) is 5.32 Å². The summed E-state index contributed by atoms with van der Waals surface area (Å²) in [6.45, 7) is 0.288. The molecule has 1 rings (SSSR count). The molecule has 0 bridgehead atoms. The zero-order valence-corrected chi connectivity index (χ0v) is 6.45. The monoisotopic (exact) mass is 164 g/mol. The summed E-state index contributed by atoms with van der Waals surface area (Å²) in [4.78, 5) is 0. The SMILES string of the molecule is NC1(CNCC(F)F)CCC1. The van der Waals surface area contributed by atoms with Crippen LogP contribution in [0.4, 0.5) is 8.78 Å². The zero-order chi connectivity index (χ0) is 8.32. The van der Waals surface area contributed by atoms with Gasteiger partial charge in [0.2, 0.25) is 0 Å². The standard InChI is InChI=1S/C7H14F2N2/c8-6(9)4-11-5-7(10)2-1-3-7/h6,11H,1-5,10H2. The Morgan fingerprint density at radius 3 is 2.45 bits per heavy atom. The maximum Gasteiger partial charge on any atom is 0.250 e. The van der Waals surface area contributed by atoms with Crippen molar-refractivity contribution in [3.63, 3.8) is 0 Å². The molecule has 4 heteroatoms. The Bertz CT molecular complexity index is 124. The molecule has 0 aromatic heterocycles. The van der Waals surface area contributed by atoms with Crippen LogP contribution in [0.5, 0.6) is 0 Å². The first-order valence-electron chi connectivity index (χ1n) is 3.90. The quantitative estimate of drug-likeness (QED) is 0.642. The van der Waals surface area contributed by atoms with Gasteiger partial charge in [0.1, 0.15) is 0 Å². The van der Waals surface area contributed by atoms with Crippen molar-refractivity contribution in [2.75, 3.05) is 13.1 Å². The second-order valence-corrected chi connectivity index (χ2v) is 3.24. The van der Waals surface area contributed by atoms with E-state index in [1.54, 1.807) is 0 Å². The van der Waals surface area contributed by atoms with Crippen molar-refractivity contribution in [1.29, 1.82) is 0 Å². The summed E-state index contributed by atoms with van der Waals surface area (Å²) in [5, 5.41) is 2.65. The highest BCUT2D eigenvalue weighted by molar-refractivity contribution is 4.94. The summed E-state index contributed by atoms with van der Waals surface area (Å²) in [7, 11) is 0. The van der Waals surface area contributed by atoms with Crippen LogP contribution in [-0.4, -0.2) is 25.1 Å². The Morgan fingerprint density at radius 1 is 1.45 bits per heavy atom. The van der Waals surface area contributed by atoms with Gasteiger partial charge in [-0.15, -0.1) is 0 Å². The molecule has 66 valence electrons. The van der Waals surface area contributed by atoms with E-state index in [1.807, 2.05) is 0 Å². The van der Waals surface area contributed by atoms with Crippen LogP contribution in [0.25, 0.3) is 0 Å². The first-order valence-corrected chi connectivity index (χ1v) is 3.90. The molecule has 0 radical (unpaired) electrons. The Labute approximate surface area is 65.1 Å². The van der Waals surface area contributed by atoms with Gasteiger partial charge < -0.3 is 11.1 Å². The molecular formula is C7H14F2N2. The normalized spacial score (nSPS) is 21.8. The lowest BCUT2D eigenvalue weighted by atomic mass is 9.78. The van der Waals surface area contributed by atoms with Gasteiger partial charge in [0.25, 0.3) is 6.43 Å². The third-order valence-corrected chi connectivity index (χ3v) is 2.13. The van der Waals surface area contributed by atoms with Crippen molar-refractivity contribution in [2.24, 2.45) is 5.73 Å². The fourth-order valence-corrected chi connectivity index (χ4v) is 1.24. The summed E-state index contributed by atoms with van der Waals surface area (Å²) < 4.78 is 23.3. The largest absolute Gasteiger partial charge is 0.324 e. The molecule has 0 spiro atoms. The summed E-state index contributed by atoms with van der Waals surface area (Å²) in [5.41, 5.74) is 5.60. The van der Waals surface area contributed by atoms with Crippen LogP contribution >= 0.6 is 0 Å². The molecule has 0 unspecified atom stereocenters. The zero-order valence-electron chi connectivity index (χ0n) is 6.45. The molecule has 2 nitrogen and oxygen atoms in total. The minimum Gasteiger partial charge on any atom is -0.324 e. The summed E-state index contributed by atoms with van der Waals surface area (Å²) in [6, 6.07) is 0. The minimum absolute atomic E-state index is 0.186. The van der Waals surface area contributed by atoms with Gasteiger partial charge in [-0.25, -0.2) is 8.78 Å². The van der Waals surface area contributed by atoms with Crippen LogP contribution in [0, 0.1) is 0 Å². The lowest BCUT2D eigenvalue weighted by Gasteiger charge is -2.38. The van der Waals surface area contributed by atoms with E-state index >= 15 is 0 Å². The van der Waals surface area contributed by atoms with Crippen LogP contribution < -0.4 is 11.1 Å². The van der Waals surface area contributed by atoms with Gasteiger partial charge in [-0.05, 0) is 19.3 Å². The number of halogens is 2. The van der Waals surface area contributed by atoms with E-state index in [0.717, 1.165) is 19.3 Å². The van der Waals surface area contributed by atoms with Gasteiger partial charge in [0, 0.05) is 12.1 Å². The molecule has 0 aromatic carbocycles. The van der Waals surface area contributed by atoms with Crippen LogP contribution in [0.15, 0.2) is 0 Å². The second-order valence-electron chi connectivity index (χ2n) is 3.24. The maximum absolute atomic E-state index is 11.6. The minimum atomic E-state index is -2.27. The fraction of sp³-hybridized carbons (Fsp3) is 1.00. The number of hydrogen-bond donors (Lipinski definition) is 2. The molecule has 1 saturated carbocycles. The van der Waals surface area contributed by atoms with E-state index in [1.165, 1.54) is 0 Å². The van der Waals surface area contributed by atoms with Crippen molar-refractivity contribution in [2.45, 2.75) is 31.2 Å². The Kier molecular flexibility index (Phi) is 2.78. The van der Waals surface area contributed by atoms with Gasteiger partial charge >= 0.3 is 0 Å². The number of rotatable bonds is 4. The molecule has 1 aliphatic carbocycles. The third-order valence-electron chi connectivity index (χ3n) is 2.13. The van der Waals surface area contributed by atoms with E-state index in [4.69, 9.17) is 5.73 Å². The van der Waals surface area contributed by atoms with Gasteiger partial charge in [0.15, 0.2) is 0 Å². The molecule has 0 saturated heterocycles. The molecule has 11 heavy (non-hydrogen) atoms. The molecule has 1 aliphatic rings. The predicted octanol–water partition coefficient (Wildman–Crippen LogP) is 0.722. The highest BCUT2D eigenvalue weighted by atomic mass is 19.3. The third kappa shape index (κ3) is 2.71. The van der Waals surface area contributed by atoms with E-state index < -0.39 is 6.43 Å². The van der Waals surface area contributed by atoms with Gasteiger partial charge in [-0.2, -0.15) is 0 Å². The molecule has 1 fully saturated rings. The highest BCUT2D eigenvalue weighted by Crippen LogP contribution is 2.27. The summed E-state index contributed by atoms with van der Waals surface area (Å²) in [5.74, 6) is 0. The van der Waals surface area contributed by atoms with Crippen LogP contribution in [-0.2, 0) is 0 Å². The second kappa shape index (κ2) is 3.45. The Morgan fingerprint density at radius 2 is 2.09 bits per heavy atom. The van der Waals surface area contributed by atoms with E-state index in [0.29, 0.717) is 6.54 Å². The average Bonchev–Trinajstić information content (AvgIpc) is 1.83. The molecule has 3 N–H and O–H groups in total. The van der Waals surface area contributed by atoms with Gasteiger partial charge in [-0.1, -0.05) is 0 Å². The molecule has 0 amide bonds. The molecule has 0 atom stereocenters. The first-order chi connectivity index (χ1) is 5.12. The van der Waals surface area contributed by atoms with Crippen molar-refractivity contribution in [3.8, 4) is 0 Å². The summed E-state index contributed by atoms with van der Waals surface area (Å²) >= 11 is 0. The van der Waals surface area contributed by atoms with E-state index in [-0.39, 0.29) is 12.1 Å². The van der Waals surface area contributed by atoms with E-state index in [9.17, 15) is 8.78 Å². The van der Waals surface area contributed by atoms with Gasteiger partial charge in [0.05, 0.1) is 6.54 Å². The van der Waals surface area contributed by atoms with Gasteiger partial charge in [-0.3, -0.25) is 0 Å². The number of nitrogens with one attached hydrogen (secondary N) is 1. The lowest BCUT2D eigenvalue weighted by molar-refractivity contribution is 0.137. The molecule has 0 heterocycles. The van der Waals surface area contributed by atoms with Crippen LogP contribution in [0.3, 0.4) is 0 Å². The van der Waals surface area contributed by atoms with Crippen molar-refractivity contribution >= 4 is 0 Å². The van der Waals surface area contributed by atoms with Crippen LogP contribution in [0.1, 0.15) is 19.3 Å². The average molecular weight is 164 g/mol. The number of nitrogens with two attached hydrogens (primary N) is 1. The van der Waals surface area contributed by atoms with Crippen molar-refractivity contribution < 1.29 is 8.78 Å². The lowest BCUT2D eigenvalue weighted by Crippen LogP contribution is -2.54. The predicted molar refractivity (Wildman–Crippen MR) is 39.6 cm³/mol. The topological polar surface area (TPSA) is 38.0 Å². The first kappa shape index (κ1) is 8.87. The highest BCUT2D eigenvalue weighted by Gasteiger charge is 2.31. The van der Waals surface area contributed by atoms with E-state index in [2.05, 4.69) is 5.32 Å². The fourth-order valence-electron chi connectivity index (χ4n) is 1.24. The number of alkyl halides is 2. The Hall–Kier alpha value is -0.220. The van der Waals surface area contributed by atoms with Crippen LogP contribution in [0.2, 0.25) is 0 Å². The molecule has 0 aliphatic heterocycles. The number of hydrogen-bond acceptors (Lipinski definition) is 2. The molecule has 0 aromatic rings.